The van der Waals surface area contributed by atoms with E-state index < -0.39 is 11.6 Å². The Labute approximate surface area is 124 Å². The Kier molecular flexibility index (Phi) is 5.31. The van der Waals surface area contributed by atoms with E-state index >= 15 is 0 Å². The molecule has 4 nitrogen and oxygen atoms in total. The molecule has 0 spiro atoms. The van der Waals surface area contributed by atoms with Crippen molar-refractivity contribution in [2.45, 2.75) is 24.7 Å². The fourth-order valence-electron chi connectivity index (χ4n) is 2.02. The van der Waals surface area contributed by atoms with Crippen LogP contribution in [0.4, 0.5) is 8.78 Å². The van der Waals surface area contributed by atoms with E-state index in [-0.39, 0.29) is 28.5 Å². The first-order chi connectivity index (χ1) is 9.52. The van der Waals surface area contributed by atoms with E-state index in [1.807, 2.05) is 0 Å². The molecule has 3 unspecified atom stereocenters. The zero-order valence-corrected chi connectivity index (χ0v) is 12.5. The van der Waals surface area contributed by atoms with Crippen LogP contribution in [-0.2, 0) is 9.47 Å². The summed E-state index contributed by atoms with van der Waals surface area (Å²) in [7, 11) is 1.57. The van der Waals surface area contributed by atoms with Gasteiger partial charge in [0, 0.05) is 25.6 Å². The van der Waals surface area contributed by atoms with E-state index in [4.69, 9.17) is 19.9 Å². The summed E-state index contributed by atoms with van der Waals surface area (Å²) in [5, 5.41) is 0. The van der Waals surface area contributed by atoms with Crippen LogP contribution in [0.5, 0.6) is 5.75 Å². The van der Waals surface area contributed by atoms with E-state index in [0.717, 1.165) is 12.1 Å². The molecule has 2 rings (SSSR count). The van der Waals surface area contributed by atoms with E-state index in [0.29, 0.717) is 19.6 Å². The number of benzene rings is 1. The molecule has 0 aliphatic heterocycles. The van der Waals surface area contributed by atoms with Gasteiger partial charge in [0.15, 0.2) is 11.6 Å². The fourth-order valence-corrected chi connectivity index (χ4v) is 2.52. The third-order valence-electron chi connectivity index (χ3n) is 3.12. The van der Waals surface area contributed by atoms with Crippen LogP contribution in [0.2, 0.25) is 0 Å². The topological polar surface area (TPSA) is 53.7 Å². The average Bonchev–Trinajstić information content (AvgIpc) is 2.37. The summed E-state index contributed by atoms with van der Waals surface area (Å²) in [5.74, 6) is -1.45. The minimum atomic E-state index is -0.756. The molecule has 0 amide bonds. The van der Waals surface area contributed by atoms with Crippen molar-refractivity contribution in [1.82, 2.24) is 0 Å². The second kappa shape index (κ2) is 6.80. The van der Waals surface area contributed by atoms with Crippen molar-refractivity contribution in [3.05, 3.63) is 28.2 Å². The van der Waals surface area contributed by atoms with Gasteiger partial charge in [-0.15, -0.1) is 0 Å². The largest absolute Gasteiger partial charge is 0.483 e. The summed E-state index contributed by atoms with van der Waals surface area (Å²) in [6, 6.07) is 1.77. The van der Waals surface area contributed by atoms with Crippen molar-refractivity contribution in [3.63, 3.8) is 0 Å². The highest BCUT2D eigenvalue weighted by Crippen LogP contribution is 2.34. The summed E-state index contributed by atoms with van der Waals surface area (Å²) in [6.45, 7) is 0.840. The third kappa shape index (κ3) is 3.46. The lowest BCUT2D eigenvalue weighted by Gasteiger charge is -2.41. The van der Waals surface area contributed by atoms with Gasteiger partial charge in [-0.05, 0) is 22.0 Å². The second-order valence-electron chi connectivity index (χ2n) is 4.58. The van der Waals surface area contributed by atoms with Crippen molar-refractivity contribution in [3.8, 4) is 5.75 Å². The smallest absolute Gasteiger partial charge is 0.169 e. The predicted octanol–water partition coefficient (Wildman–Crippen LogP) is 2.24. The molecule has 0 bridgehead atoms. The van der Waals surface area contributed by atoms with Crippen molar-refractivity contribution in [2.24, 2.45) is 5.73 Å². The molecule has 1 aliphatic rings. The van der Waals surface area contributed by atoms with Crippen LogP contribution >= 0.6 is 15.9 Å². The van der Waals surface area contributed by atoms with Gasteiger partial charge >= 0.3 is 0 Å². The van der Waals surface area contributed by atoms with E-state index in [1.165, 1.54) is 0 Å². The quantitative estimate of drug-likeness (QED) is 0.798. The van der Waals surface area contributed by atoms with Gasteiger partial charge in [-0.2, -0.15) is 0 Å². The maximum absolute atomic E-state index is 13.7. The average molecular weight is 352 g/mol. The molecule has 1 aromatic rings. The minimum Gasteiger partial charge on any atom is -0.483 e. The molecule has 1 saturated carbocycles. The Morgan fingerprint density at radius 3 is 2.70 bits per heavy atom. The molecule has 0 saturated heterocycles. The lowest BCUT2D eigenvalue weighted by atomic mass is 9.86. The van der Waals surface area contributed by atoms with Crippen LogP contribution < -0.4 is 10.5 Å². The Bertz CT molecular complexity index is 452. The Hall–Kier alpha value is -0.760. The zero-order chi connectivity index (χ0) is 14.7. The highest BCUT2D eigenvalue weighted by molar-refractivity contribution is 9.10. The van der Waals surface area contributed by atoms with Crippen LogP contribution in [0, 0.1) is 11.6 Å². The number of nitrogens with two attached hydrogens (primary N) is 1. The van der Waals surface area contributed by atoms with Crippen LogP contribution in [0.15, 0.2) is 16.6 Å². The standard InChI is InChI=1S/C13H16BrF2NO3/c1-18-2-3-19-13-10(17)6-11(13)20-12-8(14)4-7(15)5-9(12)16/h4-5,10-11,13H,2-3,6,17H2,1H3. The first-order valence-electron chi connectivity index (χ1n) is 6.20. The molecular weight excluding hydrogens is 336 g/mol. The number of rotatable bonds is 6. The van der Waals surface area contributed by atoms with Gasteiger partial charge < -0.3 is 19.9 Å². The lowest BCUT2D eigenvalue weighted by molar-refractivity contribution is -0.108. The van der Waals surface area contributed by atoms with Crippen LogP contribution in [0.25, 0.3) is 0 Å². The van der Waals surface area contributed by atoms with Crippen LogP contribution in [0.3, 0.4) is 0 Å². The second-order valence-corrected chi connectivity index (χ2v) is 5.44. The summed E-state index contributed by atoms with van der Waals surface area (Å²) in [6.07, 6.45) is -0.111. The molecule has 7 heteroatoms. The molecule has 1 aliphatic carbocycles. The molecule has 20 heavy (non-hydrogen) atoms. The minimum absolute atomic E-state index is 0.0244. The number of hydrogen-bond donors (Lipinski definition) is 1. The molecule has 3 atom stereocenters. The van der Waals surface area contributed by atoms with Crippen molar-refractivity contribution in [1.29, 1.82) is 0 Å². The highest BCUT2D eigenvalue weighted by Gasteiger charge is 2.42. The summed E-state index contributed by atoms with van der Waals surface area (Å²) < 4.78 is 42.9. The van der Waals surface area contributed by atoms with Crippen molar-refractivity contribution >= 4 is 15.9 Å². The molecule has 1 aromatic carbocycles. The molecular formula is C13H16BrF2NO3. The van der Waals surface area contributed by atoms with Crippen molar-refractivity contribution < 1.29 is 23.0 Å². The molecule has 0 aromatic heterocycles. The Morgan fingerprint density at radius 1 is 1.35 bits per heavy atom. The zero-order valence-electron chi connectivity index (χ0n) is 10.9. The number of ether oxygens (including phenoxy) is 3. The maximum Gasteiger partial charge on any atom is 0.169 e. The Morgan fingerprint density at radius 2 is 2.10 bits per heavy atom. The van der Waals surface area contributed by atoms with Gasteiger partial charge in [0.25, 0.3) is 0 Å². The first kappa shape index (κ1) is 15.6. The summed E-state index contributed by atoms with van der Waals surface area (Å²) >= 11 is 3.08. The number of methoxy groups -OCH3 is 1. The lowest BCUT2D eigenvalue weighted by Crippen LogP contribution is -2.59. The van der Waals surface area contributed by atoms with Gasteiger partial charge in [0.2, 0.25) is 0 Å². The van der Waals surface area contributed by atoms with Crippen LogP contribution in [-0.4, -0.2) is 38.6 Å². The van der Waals surface area contributed by atoms with Gasteiger partial charge in [0.05, 0.1) is 17.7 Å². The Balaban J connectivity index is 1.99. The summed E-state index contributed by atoms with van der Waals surface area (Å²) in [5.41, 5.74) is 5.84. The maximum atomic E-state index is 13.7. The predicted molar refractivity (Wildman–Crippen MR) is 72.7 cm³/mol. The first-order valence-corrected chi connectivity index (χ1v) is 6.99. The number of halogens is 3. The van der Waals surface area contributed by atoms with Crippen LogP contribution in [0.1, 0.15) is 6.42 Å². The van der Waals surface area contributed by atoms with E-state index in [2.05, 4.69) is 15.9 Å². The van der Waals surface area contributed by atoms with E-state index in [9.17, 15) is 8.78 Å². The fraction of sp³-hybridized carbons (Fsp3) is 0.538. The van der Waals surface area contributed by atoms with Gasteiger partial charge in [-0.3, -0.25) is 0 Å². The highest BCUT2D eigenvalue weighted by atomic mass is 79.9. The van der Waals surface area contributed by atoms with E-state index in [1.54, 1.807) is 7.11 Å². The van der Waals surface area contributed by atoms with Gasteiger partial charge in [0.1, 0.15) is 18.0 Å². The molecule has 0 radical (unpaired) electrons. The normalized spacial score (nSPS) is 25.4. The third-order valence-corrected chi connectivity index (χ3v) is 3.71. The monoisotopic (exact) mass is 351 g/mol. The number of hydrogen-bond acceptors (Lipinski definition) is 4. The van der Waals surface area contributed by atoms with Gasteiger partial charge in [-0.25, -0.2) is 8.78 Å². The SMILES string of the molecule is COCCOC1C(N)CC1Oc1c(F)cc(F)cc1Br. The van der Waals surface area contributed by atoms with Crippen molar-refractivity contribution in [2.75, 3.05) is 20.3 Å². The molecule has 0 heterocycles. The molecule has 112 valence electrons. The summed E-state index contributed by atoms with van der Waals surface area (Å²) in [4.78, 5) is 0. The van der Waals surface area contributed by atoms with Gasteiger partial charge in [-0.1, -0.05) is 0 Å². The molecule has 1 fully saturated rings. The molecule has 2 N–H and O–H groups in total.